The van der Waals surface area contributed by atoms with Crippen molar-refractivity contribution in [2.45, 2.75) is 31.0 Å². The van der Waals surface area contributed by atoms with Crippen LogP contribution in [0.25, 0.3) is 0 Å². The number of carbonyl (C=O) groups excluding carboxylic acids is 2. The van der Waals surface area contributed by atoms with Gasteiger partial charge >= 0.3 is 0 Å². The van der Waals surface area contributed by atoms with E-state index in [2.05, 4.69) is 5.32 Å². The van der Waals surface area contributed by atoms with Crippen LogP contribution >= 0.6 is 11.3 Å². The van der Waals surface area contributed by atoms with E-state index in [4.69, 9.17) is 0 Å². The van der Waals surface area contributed by atoms with Gasteiger partial charge in [-0.15, -0.1) is 11.3 Å². The summed E-state index contributed by atoms with van der Waals surface area (Å²) in [7, 11) is 1.69. The molecule has 8 nitrogen and oxygen atoms in total. The van der Waals surface area contributed by atoms with E-state index in [0.29, 0.717) is 12.0 Å². The minimum Gasteiger partial charge on any atom is -0.508 e. The van der Waals surface area contributed by atoms with Gasteiger partial charge in [-0.2, -0.15) is 0 Å². The molecule has 4 unspecified atom stereocenters. The fourth-order valence-electron chi connectivity index (χ4n) is 4.60. The maximum Gasteiger partial charge on any atom is 0.266 e. The van der Waals surface area contributed by atoms with Crippen LogP contribution in [0.2, 0.25) is 0 Å². The Morgan fingerprint density at radius 2 is 1.91 bits per heavy atom. The Balaban J connectivity index is 1.69. The summed E-state index contributed by atoms with van der Waals surface area (Å²) in [5, 5.41) is 35.6. The molecule has 1 heterocycles. The van der Waals surface area contributed by atoms with Crippen LogP contribution in [0.15, 0.2) is 66.0 Å². The molecule has 1 aromatic heterocycles. The van der Waals surface area contributed by atoms with Gasteiger partial charge in [0.05, 0.1) is 23.1 Å². The fourth-order valence-corrected chi connectivity index (χ4v) is 5.33. The topological polar surface area (TPSA) is 122 Å². The average Bonchev–Trinajstić information content (AvgIpc) is 3.47. The second kappa shape index (κ2) is 10.3. The number of anilines is 1. The van der Waals surface area contributed by atoms with Crippen molar-refractivity contribution in [3.63, 3.8) is 0 Å². The summed E-state index contributed by atoms with van der Waals surface area (Å²) < 4.78 is 0. The molecule has 0 bridgehead atoms. The Labute approximate surface area is 201 Å². The van der Waals surface area contributed by atoms with Gasteiger partial charge in [-0.05, 0) is 52.8 Å². The number of hydroxylamine groups is 1. The number of nitrogens with zero attached hydrogens (tertiary/aromatic N) is 1. The lowest BCUT2D eigenvalue weighted by atomic mass is 9.89. The van der Waals surface area contributed by atoms with Gasteiger partial charge in [0, 0.05) is 13.5 Å². The van der Waals surface area contributed by atoms with E-state index in [0.717, 1.165) is 16.1 Å². The van der Waals surface area contributed by atoms with Crippen LogP contribution < -0.4 is 15.7 Å². The molecule has 0 spiro atoms. The molecule has 0 saturated carbocycles. The number of nitrogens with one attached hydrogen (secondary N) is 2. The predicted octanol–water partition coefficient (Wildman–Crippen LogP) is 2.40. The van der Waals surface area contributed by atoms with Crippen LogP contribution in [0.5, 0.6) is 5.75 Å². The summed E-state index contributed by atoms with van der Waals surface area (Å²) in [6, 6.07) is 16.0. The second-order valence-electron chi connectivity index (χ2n) is 8.42. The molecule has 5 N–H and O–H groups in total. The first-order chi connectivity index (χ1) is 16.4. The lowest BCUT2D eigenvalue weighted by Crippen LogP contribution is -2.54. The molecular weight excluding hydrogens is 454 g/mol. The molecule has 4 atom stereocenters. The fraction of sp³-hybridized carbons (Fsp3) is 0.280. The Kier molecular flexibility index (Phi) is 7.16. The van der Waals surface area contributed by atoms with E-state index < -0.39 is 35.9 Å². The smallest absolute Gasteiger partial charge is 0.266 e. The monoisotopic (exact) mass is 481 g/mol. The SMILES string of the molecule is CN(c1cccs1)C(C(=O)NO)C(Cc1cccc(O)c1)C(=O)NC1c2ccccc2CC1O. The maximum atomic E-state index is 13.7. The Hall–Kier alpha value is -3.40. The highest BCUT2D eigenvalue weighted by atomic mass is 32.1. The van der Waals surface area contributed by atoms with Gasteiger partial charge in [0.2, 0.25) is 5.91 Å². The van der Waals surface area contributed by atoms with Crippen molar-refractivity contribution in [2.24, 2.45) is 5.92 Å². The highest BCUT2D eigenvalue weighted by molar-refractivity contribution is 7.14. The quantitative estimate of drug-likeness (QED) is 0.249. The number of hydrogen-bond donors (Lipinski definition) is 5. The molecule has 4 rings (SSSR count). The third-order valence-electron chi connectivity index (χ3n) is 6.24. The number of fused-ring (bicyclic) bond motifs is 1. The van der Waals surface area contributed by atoms with Crippen molar-refractivity contribution in [1.82, 2.24) is 10.8 Å². The largest absolute Gasteiger partial charge is 0.508 e. The van der Waals surface area contributed by atoms with Crippen LogP contribution in [0, 0.1) is 5.92 Å². The number of carbonyl (C=O) groups is 2. The molecule has 0 fully saturated rings. The third kappa shape index (κ3) is 4.91. The first-order valence-corrected chi connectivity index (χ1v) is 11.8. The highest BCUT2D eigenvalue weighted by Gasteiger charge is 2.40. The number of aromatic hydroxyl groups is 1. The van der Waals surface area contributed by atoms with E-state index >= 15 is 0 Å². The number of likely N-dealkylation sites (N-methyl/N-ethyl adjacent to an activating group) is 1. The van der Waals surface area contributed by atoms with Crippen LogP contribution in [0.3, 0.4) is 0 Å². The Morgan fingerprint density at radius 3 is 2.62 bits per heavy atom. The van der Waals surface area contributed by atoms with Crippen LogP contribution in [-0.2, 0) is 22.4 Å². The molecule has 178 valence electrons. The zero-order valence-corrected chi connectivity index (χ0v) is 19.4. The maximum absolute atomic E-state index is 13.7. The van der Waals surface area contributed by atoms with Crippen molar-refractivity contribution in [2.75, 3.05) is 11.9 Å². The van der Waals surface area contributed by atoms with Crippen LogP contribution in [0.1, 0.15) is 22.7 Å². The van der Waals surface area contributed by atoms with E-state index in [9.17, 15) is 25.0 Å². The number of hydrogen-bond acceptors (Lipinski definition) is 7. The van der Waals surface area contributed by atoms with Crippen LogP contribution in [-0.4, -0.2) is 46.4 Å². The van der Waals surface area contributed by atoms with Crippen molar-refractivity contribution in [3.8, 4) is 5.75 Å². The zero-order valence-electron chi connectivity index (χ0n) is 18.6. The second-order valence-corrected chi connectivity index (χ2v) is 9.35. The number of amides is 2. The number of benzene rings is 2. The van der Waals surface area contributed by atoms with Gasteiger partial charge in [0.25, 0.3) is 5.91 Å². The van der Waals surface area contributed by atoms with Crippen molar-refractivity contribution >= 4 is 28.2 Å². The minimum absolute atomic E-state index is 0.0478. The molecule has 1 aliphatic rings. The predicted molar refractivity (Wildman–Crippen MR) is 129 cm³/mol. The summed E-state index contributed by atoms with van der Waals surface area (Å²) in [6.45, 7) is 0. The number of thiophene rings is 1. The standard InChI is InChI=1S/C25H27N3O5S/c1-28(21-10-5-11-34-21)23(25(32)27-33)19(13-15-6-4-8-17(29)12-15)24(31)26-22-18-9-3-2-7-16(18)14-20(22)30/h2-12,19-20,22-23,29-30,33H,13-14H2,1H3,(H,26,31)(H,27,32). The van der Waals surface area contributed by atoms with Gasteiger partial charge in [0.15, 0.2) is 0 Å². The molecule has 3 aromatic rings. The number of aliphatic hydroxyl groups is 1. The minimum atomic E-state index is -1.06. The molecule has 1 aliphatic carbocycles. The molecule has 0 aliphatic heterocycles. The van der Waals surface area contributed by atoms with Crippen molar-refractivity contribution < 1.29 is 25.0 Å². The number of phenols is 1. The molecule has 0 saturated heterocycles. The van der Waals surface area contributed by atoms with Gasteiger partial charge in [-0.25, -0.2) is 5.48 Å². The molecule has 34 heavy (non-hydrogen) atoms. The summed E-state index contributed by atoms with van der Waals surface area (Å²) >= 11 is 1.40. The zero-order chi connectivity index (χ0) is 24.2. The summed E-state index contributed by atoms with van der Waals surface area (Å²) in [4.78, 5) is 28.2. The summed E-state index contributed by atoms with van der Waals surface area (Å²) in [6.07, 6.45) is -0.241. The Morgan fingerprint density at radius 1 is 1.12 bits per heavy atom. The molecule has 2 amide bonds. The van der Waals surface area contributed by atoms with Gasteiger partial charge in [-0.3, -0.25) is 14.8 Å². The van der Waals surface area contributed by atoms with Gasteiger partial charge in [-0.1, -0.05) is 36.4 Å². The lowest BCUT2D eigenvalue weighted by molar-refractivity contribution is -0.137. The average molecular weight is 482 g/mol. The first-order valence-electron chi connectivity index (χ1n) is 10.9. The normalized spacial score (nSPS) is 18.6. The first kappa shape index (κ1) is 23.7. The Bertz CT molecular complexity index is 1150. The van der Waals surface area contributed by atoms with Crippen molar-refractivity contribution in [3.05, 3.63) is 82.7 Å². The van der Waals surface area contributed by atoms with E-state index in [1.165, 1.54) is 17.4 Å². The van der Waals surface area contributed by atoms with E-state index in [-0.39, 0.29) is 12.2 Å². The summed E-state index contributed by atoms with van der Waals surface area (Å²) in [5.74, 6) is -2.07. The molecule has 2 aromatic carbocycles. The third-order valence-corrected chi connectivity index (χ3v) is 7.19. The number of phenolic OH excluding ortho intramolecular Hbond substituents is 1. The number of aliphatic hydroxyl groups excluding tert-OH is 1. The lowest BCUT2D eigenvalue weighted by Gasteiger charge is -2.34. The van der Waals surface area contributed by atoms with Crippen molar-refractivity contribution in [1.29, 1.82) is 0 Å². The highest BCUT2D eigenvalue weighted by Crippen LogP contribution is 2.33. The van der Waals surface area contributed by atoms with Gasteiger partial charge in [0.1, 0.15) is 11.8 Å². The van der Waals surface area contributed by atoms with E-state index in [1.54, 1.807) is 35.6 Å². The summed E-state index contributed by atoms with van der Waals surface area (Å²) in [5.41, 5.74) is 4.16. The molecule has 0 radical (unpaired) electrons. The molecular formula is C25H27N3O5S. The van der Waals surface area contributed by atoms with Gasteiger partial charge < -0.3 is 20.4 Å². The van der Waals surface area contributed by atoms with E-state index in [1.807, 2.05) is 41.8 Å². The molecule has 9 heteroatoms. The number of rotatable bonds is 8. The van der Waals surface area contributed by atoms with Crippen LogP contribution in [0.4, 0.5) is 5.00 Å².